The molecule has 0 saturated carbocycles. The summed E-state index contributed by atoms with van der Waals surface area (Å²) < 4.78 is 0. The van der Waals surface area contributed by atoms with E-state index in [9.17, 15) is 4.79 Å². The standard InChI is InChI=1S/C23H17Cl4N3O/c24-18-10-4-8-16(21(18)26)12-28-30-20(31)14-29(13-15-6-2-1-3-7-15)23(30)17-9-5-11-19(25)22(17)27/h1-12,23H,13-14H2/b28-12-/t23-/m0/s1. The molecule has 4 nitrogen and oxygen atoms in total. The molecule has 0 aliphatic carbocycles. The highest BCUT2D eigenvalue weighted by atomic mass is 35.5. The topological polar surface area (TPSA) is 35.9 Å². The third-order valence-corrected chi connectivity index (χ3v) is 6.63. The normalized spacial score (nSPS) is 17.1. The van der Waals surface area contributed by atoms with Gasteiger partial charge in [0.25, 0.3) is 5.91 Å². The van der Waals surface area contributed by atoms with E-state index in [0.29, 0.717) is 37.8 Å². The molecule has 1 aliphatic heterocycles. The number of carbonyl (C=O) groups is 1. The molecule has 8 heteroatoms. The Morgan fingerprint density at radius 3 is 2.29 bits per heavy atom. The molecular formula is C23H17Cl4N3O. The molecule has 158 valence electrons. The van der Waals surface area contributed by atoms with Crippen LogP contribution in [0.25, 0.3) is 0 Å². The largest absolute Gasteiger partial charge is 0.271 e. The quantitative estimate of drug-likeness (QED) is 0.372. The van der Waals surface area contributed by atoms with Crippen LogP contribution in [0.4, 0.5) is 0 Å². The molecule has 0 radical (unpaired) electrons. The molecule has 1 fully saturated rings. The van der Waals surface area contributed by atoms with E-state index in [4.69, 9.17) is 46.4 Å². The maximum atomic E-state index is 13.0. The van der Waals surface area contributed by atoms with E-state index in [-0.39, 0.29) is 12.5 Å². The fraction of sp³-hybridized carbons (Fsp3) is 0.130. The highest BCUT2D eigenvalue weighted by molar-refractivity contribution is 6.43. The summed E-state index contributed by atoms with van der Waals surface area (Å²) in [5, 5.41) is 7.48. The van der Waals surface area contributed by atoms with Gasteiger partial charge in [0.05, 0.1) is 32.8 Å². The maximum Gasteiger partial charge on any atom is 0.258 e. The molecule has 0 aromatic heterocycles. The number of halogens is 4. The van der Waals surface area contributed by atoms with Gasteiger partial charge < -0.3 is 0 Å². The first-order valence-corrected chi connectivity index (χ1v) is 11.0. The first kappa shape index (κ1) is 22.1. The monoisotopic (exact) mass is 491 g/mol. The molecule has 0 spiro atoms. The second kappa shape index (κ2) is 9.60. The lowest BCUT2D eigenvalue weighted by Gasteiger charge is -2.28. The van der Waals surface area contributed by atoms with E-state index in [0.717, 1.165) is 5.56 Å². The predicted molar refractivity (Wildman–Crippen MR) is 127 cm³/mol. The van der Waals surface area contributed by atoms with Crippen LogP contribution in [0.3, 0.4) is 0 Å². The molecule has 1 amide bonds. The SMILES string of the molecule is O=C1CN(Cc2ccccc2)[C@H](c2cccc(Cl)c2Cl)N1/N=C\c1cccc(Cl)c1Cl. The number of nitrogens with zero attached hydrogens (tertiary/aromatic N) is 3. The average Bonchev–Trinajstić information content (AvgIpc) is 3.06. The van der Waals surface area contributed by atoms with Gasteiger partial charge >= 0.3 is 0 Å². The molecule has 1 aliphatic rings. The number of amides is 1. The van der Waals surface area contributed by atoms with Gasteiger partial charge in [-0.3, -0.25) is 9.69 Å². The third kappa shape index (κ3) is 4.74. The summed E-state index contributed by atoms with van der Waals surface area (Å²) in [5.41, 5.74) is 2.38. The second-order valence-corrected chi connectivity index (χ2v) is 8.60. The lowest BCUT2D eigenvalue weighted by atomic mass is 10.1. The molecule has 0 N–H and O–H groups in total. The van der Waals surface area contributed by atoms with Crippen molar-refractivity contribution in [2.75, 3.05) is 6.54 Å². The Kier molecular flexibility index (Phi) is 6.85. The maximum absolute atomic E-state index is 13.0. The number of rotatable bonds is 5. The van der Waals surface area contributed by atoms with Gasteiger partial charge in [0.1, 0.15) is 6.17 Å². The molecule has 3 aromatic carbocycles. The Balaban J connectivity index is 1.73. The van der Waals surface area contributed by atoms with Gasteiger partial charge in [0.2, 0.25) is 0 Å². The molecule has 4 rings (SSSR count). The summed E-state index contributed by atoms with van der Waals surface area (Å²) in [5.74, 6) is -0.161. The van der Waals surface area contributed by atoms with Crippen molar-refractivity contribution in [1.82, 2.24) is 9.91 Å². The lowest BCUT2D eigenvalue weighted by Crippen LogP contribution is -2.29. The van der Waals surface area contributed by atoms with E-state index < -0.39 is 6.17 Å². The van der Waals surface area contributed by atoms with Crippen LogP contribution in [-0.2, 0) is 11.3 Å². The Morgan fingerprint density at radius 2 is 1.55 bits per heavy atom. The zero-order valence-corrected chi connectivity index (χ0v) is 19.2. The zero-order chi connectivity index (χ0) is 22.0. The summed E-state index contributed by atoms with van der Waals surface area (Å²) in [7, 11) is 0. The van der Waals surface area contributed by atoms with Crippen molar-refractivity contribution in [3.05, 3.63) is 104 Å². The molecule has 31 heavy (non-hydrogen) atoms. The number of hydrogen-bond acceptors (Lipinski definition) is 3. The van der Waals surface area contributed by atoms with Gasteiger partial charge in [-0.15, -0.1) is 0 Å². The van der Waals surface area contributed by atoms with Crippen molar-refractivity contribution in [3.8, 4) is 0 Å². The van der Waals surface area contributed by atoms with Crippen molar-refractivity contribution in [3.63, 3.8) is 0 Å². The van der Waals surface area contributed by atoms with Crippen molar-refractivity contribution in [2.45, 2.75) is 12.7 Å². The average molecular weight is 493 g/mol. The molecular weight excluding hydrogens is 476 g/mol. The molecule has 1 atom stereocenters. The minimum absolute atomic E-state index is 0.161. The van der Waals surface area contributed by atoms with Crippen LogP contribution in [-0.4, -0.2) is 28.6 Å². The van der Waals surface area contributed by atoms with Crippen molar-refractivity contribution >= 4 is 58.5 Å². The summed E-state index contributed by atoms with van der Waals surface area (Å²) in [6, 6.07) is 20.5. The molecule has 0 bridgehead atoms. The van der Waals surface area contributed by atoms with Crippen LogP contribution in [0.5, 0.6) is 0 Å². The minimum atomic E-state index is -0.520. The van der Waals surface area contributed by atoms with E-state index in [1.165, 1.54) is 11.2 Å². The Morgan fingerprint density at radius 1 is 0.871 bits per heavy atom. The molecule has 1 saturated heterocycles. The summed E-state index contributed by atoms with van der Waals surface area (Å²) >= 11 is 25.2. The van der Waals surface area contributed by atoms with Crippen LogP contribution >= 0.6 is 46.4 Å². The first-order chi connectivity index (χ1) is 15.0. The van der Waals surface area contributed by atoms with Crippen LogP contribution in [0.15, 0.2) is 71.8 Å². The lowest BCUT2D eigenvalue weighted by molar-refractivity contribution is -0.128. The van der Waals surface area contributed by atoms with Gasteiger partial charge in [0, 0.05) is 17.7 Å². The Labute approximate surface area is 200 Å². The van der Waals surface area contributed by atoms with Gasteiger partial charge in [-0.25, -0.2) is 5.01 Å². The number of hydrazone groups is 1. The van der Waals surface area contributed by atoms with E-state index >= 15 is 0 Å². The summed E-state index contributed by atoms with van der Waals surface area (Å²) in [4.78, 5) is 15.0. The van der Waals surface area contributed by atoms with E-state index in [1.54, 1.807) is 24.3 Å². The number of carbonyl (C=O) groups excluding carboxylic acids is 1. The fourth-order valence-corrected chi connectivity index (χ4v) is 4.27. The van der Waals surface area contributed by atoms with Gasteiger partial charge in [-0.1, -0.05) is 101 Å². The van der Waals surface area contributed by atoms with Gasteiger partial charge in [0.15, 0.2) is 0 Å². The fourth-order valence-electron chi connectivity index (χ4n) is 3.50. The van der Waals surface area contributed by atoms with Gasteiger partial charge in [-0.2, -0.15) is 5.10 Å². The predicted octanol–water partition coefficient (Wildman–Crippen LogP) is 6.68. The van der Waals surface area contributed by atoms with E-state index in [2.05, 4.69) is 5.10 Å². The Hall–Kier alpha value is -2.08. The second-order valence-electron chi connectivity index (χ2n) is 7.03. The van der Waals surface area contributed by atoms with Crippen LogP contribution in [0.1, 0.15) is 22.9 Å². The molecule has 3 aromatic rings. The highest BCUT2D eigenvalue weighted by Crippen LogP contribution is 2.39. The third-order valence-electron chi connectivity index (χ3n) is 4.96. The smallest absolute Gasteiger partial charge is 0.258 e. The summed E-state index contributed by atoms with van der Waals surface area (Å²) in [6.45, 7) is 0.729. The first-order valence-electron chi connectivity index (χ1n) is 9.47. The van der Waals surface area contributed by atoms with E-state index in [1.807, 2.05) is 47.4 Å². The van der Waals surface area contributed by atoms with Crippen LogP contribution in [0, 0.1) is 0 Å². The molecule has 0 unspecified atom stereocenters. The minimum Gasteiger partial charge on any atom is -0.271 e. The van der Waals surface area contributed by atoms with Crippen molar-refractivity contribution in [1.29, 1.82) is 0 Å². The molecule has 1 heterocycles. The van der Waals surface area contributed by atoms with Crippen LogP contribution < -0.4 is 0 Å². The zero-order valence-electron chi connectivity index (χ0n) is 16.2. The van der Waals surface area contributed by atoms with Crippen LogP contribution in [0.2, 0.25) is 20.1 Å². The number of benzene rings is 3. The summed E-state index contributed by atoms with van der Waals surface area (Å²) in [6.07, 6.45) is 1.01. The Bertz CT molecular complexity index is 1140. The van der Waals surface area contributed by atoms with Gasteiger partial charge in [-0.05, 0) is 17.7 Å². The van der Waals surface area contributed by atoms with Crippen molar-refractivity contribution < 1.29 is 4.79 Å². The highest BCUT2D eigenvalue weighted by Gasteiger charge is 2.40. The number of hydrogen-bond donors (Lipinski definition) is 0. The van der Waals surface area contributed by atoms with Crippen molar-refractivity contribution in [2.24, 2.45) is 5.10 Å².